The number of ether oxygens (including phenoxy) is 1. The number of rotatable bonds is 4. The number of nitrogens with one attached hydrogen (secondary N) is 1. The van der Waals surface area contributed by atoms with Crippen LogP contribution in [0.2, 0.25) is 0 Å². The van der Waals surface area contributed by atoms with Crippen molar-refractivity contribution in [3.05, 3.63) is 42.4 Å². The SMILES string of the molecule is Fc1cnc(N[C@H]2CO[C@@]3(CCCN(Cc4ccco4)C3)C2)nc1. The first-order valence-corrected chi connectivity index (χ1v) is 8.34. The topological polar surface area (TPSA) is 63.4 Å². The molecule has 4 rings (SSSR count). The Labute approximate surface area is 140 Å². The zero-order valence-electron chi connectivity index (χ0n) is 13.4. The van der Waals surface area contributed by atoms with Crippen LogP contribution in [0.1, 0.15) is 25.0 Å². The number of halogens is 1. The van der Waals surface area contributed by atoms with Crippen molar-refractivity contribution >= 4 is 5.95 Å². The maximum atomic E-state index is 12.9. The smallest absolute Gasteiger partial charge is 0.223 e. The van der Waals surface area contributed by atoms with Crippen LogP contribution in [0.5, 0.6) is 0 Å². The third kappa shape index (κ3) is 3.42. The Bertz CT molecular complexity index is 664. The molecule has 0 saturated carbocycles. The summed E-state index contributed by atoms with van der Waals surface area (Å²) in [7, 11) is 0. The highest BCUT2D eigenvalue weighted by Gasteiger charge is 2.43. The van der Waals surface area contributed by atoms with E-state index < -0.39 is 5.82 Å². The summed E-state index contributed by atoms with van der Waals surface area (Å²) in [6, 6.07) is 4.08. The van der Waals surface area contributed by atoms with Crippen LogP contribution in [-0.4, -0.2) is 46.2 Å². The Balaban J connectivity index is 1.36. The minimum Gasteiger partial charge on any atom is -0.468 e. The summed E-state index contributed by atoms with van der Waals surface area (Å²) in [5, 5.41) is 3.25. The maximum absolute atomic E-state index is 12.9. The molecule has 2 atom stereocenters. The average Bonchev–Trinajstić information content (AvgIpc) is 3.21. The minimum absolute atomic E-state index is 0.122. The van der Waals surface area contributed by atoms with E-state index in [1.54, 1.807) is 6.26 Å². The van der Waals surface area contributed by atoms with Gasteiger partial charge in [-0.1, -0.05) is 0 Å². The van der Waals surface area contributed by atoms with Crippen molar-refractivity contribution in [2.24, 2.45) is 0 Å². The predicted octanol–water partition coefficient (Wildman–Crippen LogP) is 2.44. The van der Waals surface area contributed by atoms with Gasteiger partial charge in [0.15, 0.2) is 5.82 Å². The molecule has 0 bridgehead atoms. The zero-order chi connectivity index (χ0) is 16.4. The summed E-state index contributed by atoms with van der Waals surface area (Å²) in [4.78, 5) is 10.3. The molecule has 2 aliphatic heterocycles. The number of hydrogen-bond donors (Lipinski definition) is 1. The number of piperidine rings is 1. The molecule has 0 aliphatic carbocycles. The lowest BCUT2D eigenvalue weighted by Gasteiger charge is -2.39. The Morgan fingerprint density at radius 1 is 1.38 bits per heavy atom. The first-order valence-electron chi connectivity index (χ1n) is 8.34. The predicted molar refractivity (Wildman–Crippen MR) is 85.9 cm³/mol. The highest BCUT2D eigenvalue weighted by atomic mass is 19.1. The molecule has 7 heteroatoms. The van der Waals surface area contributed by atoms with E-state index >= 15 is 0 Å². The van der Waals surface area contributed by atoms with Gasteiger partial charge in [-0.3, -0.25) is 4.90 Å². The molecular formula is C17H21FN4O2. The zero-order valence-corrected chi connectivity index (χ0v) is 13.4. The van der Waals surface area contributed by atoms with Gasteiger partial charge in [0, 0.05) is 13.0 Å². The molecule has 1 spiro atoms. The van der Waals surface area contributed by atoms with Crippen molar-refractivity contribution in [3.8, 4) is 0 Å². The molecule has 128 valence electrons. The minimum atomic E-state index is -0.430. The molecule has 1 N–H and O–H groups in total. The third-order valence-electron chi connectivity index (χ3n) is 4.74. The summed E-state index contributed by atoms with van der Waals surface area (Å²) in [5.74, 6) is 1.00. The van der Waals surface area contributed by atoms with E-state index in [0.29, 0.717) is 12.6 Å². The number of hydrogen-bond acceptors (Lipinski definition) is 6. The van der Waals surface area contributed by atoms with Crippen molar-refractivity contribution in [2.75, 3.05) is 25.0 Å². The van der Waals surface area contributed by atoms with E-state index in [2.05, 4.69) is 20.2 Å². The van der Waals surface area contributed by atoms with Crippen LogP contribution in [0, 0.1) is 5.82 Å². The van der Waals surface area contributed by atoms with Crippen molar-refractivity contribution < 1.29 is 13.5 Å². The van der Waals surface area contributed by atoms with E-state index in [4.69, 9.17) is 9.15 Å². The second-order valence-electron chi connectivity index (χ2n) is 6.66. The van der Waals surface area contributed by atoms with E-state index in [-0.39, 0.29) is 11.6 Å². The lowest BCUT2D eigenvalue weighted by Crippen LogP contribution is -2.47. The van der Waals surface area contributed by atoms with Gasteiger partial charge in [0.05, 0.1) is 43.5 Å². The molecule has 2 fully saturated rings. The summed E-state index contributed by atoms with van der Waals surface area (Å²) in [5.41, 5.74) is -0.122. The highest BCUT2D eigenvalue weighted by molar-refractivity contribution is 5.25. The normalized spacial score (nSPS) is 27.6. The van der Waals surface area contributed by atoms with Crippen molar-refractivity contribution in [1.29, 1.82) is 0 Å². The quantitative estimate of drug-likeness (QED) is 0.928. The van der Waals surface area contributed by atoms with Crippen molar-refractivity contribution in [2.45, 2.75) is 37.5 Å². The van der Waals surface area contributed by atoms with Gasteiger partial charge in [0.2, 0.25) is 5.95 Å². The van der Waals surface area contributed by atoms with Crippen LogP contribution in [0.15, 0.2) is 35.2 Å². The van der Waals surface area contributed by atoms with Gasteiger partial charge in [-0.25, -0.2) is 14.4 Å². The Morgan fingerprint density at radius 3 is 3.04 bits per heavy atom. The van der Waals surface area contributed by atoms with Crippen LogP contribution in [0.3, 0.4) is 0 Å². The molecular weight excluding hydrogens is 311 g/mol. The van der Waals surface area contributed by atoms with Crippen LogP contribution < -0.4 is 5.32 Å². The lowest BCUT2D eigenvalue weighted by atomic mass is 9.88. The molecule has 2 aromatic heterocycles. The number of furan rings is 1. The van der Waals surface area contributed by atoms with Gasteiger partial charge in [-0.15, -0.1) is 0 Å². The van der Waals surface area contributed by atoms with Crippen LogP contribution in [-0.2, 0) is 11.3 Å². The number of anilines is 1. The molecule has 24 heavy (non-hydrogen) atoms. The number of likely N-dealkylation sites (tertiary alicyclic amines) is 1. The lowest BCUT2D eigenvalue weighted by molar-refractivity contribution is -0.0544. The van der Waals surface area contributed by atoms with Crippen LogP contribution in [0.4, 0.5) is 10.3 Å². The standard InChI is InChI=1S/C17H21FN4O2/c18-13-8-19-16(20-9-13)21-14-7-17(24-11-14)4-2-5-22(12-17)10-15-3-1-6-23-15/h1,3,6,8-9,14H,2,4-5,7,10-12H2,(H,19,20,21)/t14-,17+/m1/s1. The second-order valence-corrected chi connectivity index (χ2v) is 6.66. The van der Waals surface area contributed by atoms with Gasteiger partial charge >= 0.3 is 0 Å². The van der Waals surface area contributed by atoms with E-state index in [9.17, 15) is 4.39 Å². The van der Waals surface area contributed by atoms with Crippen LogP contribution >= 0.6 is 0 Å². The fourth-order valence-electron chi connectivity index (χ4n) is 3.74. The summed E-state index contributed by atoms with van der Waals surface area (Å²) in [6.45, 7) is 3.40. The van der Waals surface area contributed by atoms with Crippen molar-refractivity contribution in [1.82, 2.24) is 14.9 Å². The van der Waals surface area contributed by atoms with E-state index in [1.807, 2.05) is 12.1 Å². The monoisotopic (exact) mass is 332 g/mol. The molecule has 0 radical (unpaired) electrons. The molecule has 0 unspecified atom stereocenters. The van der Waals surface area contributed by atoms with Crippen molar-refractivity contribution in [3.63, 3.8) is 0 Å². The van der Waals surface area contributed by atoms with Crippen LogP contribution in [0.25, 0.3) is 0 Å². The maximum Gasteiger partial charge on any atom is 0.223 e. The second kappa shape index (κ2) is 6.49. The molecule has 2 aliphatic rings. The summed E-state index contributed by atoms with van der Waals surface area (Å²) < 4.78 is 24.5. The Morgan fingerprint density at radius 2 is 2.25 bits per heavy atom. The summed E-state index contributed by atoms with van der Waals surface area (Å²) in [6.07, 6.45) is 7.13. The highest BCUT2D eigenvalue weighted by Crippen LogP contribution is 2.36. The van der Waals surface area contributed by atoms with Gasteiger partial charge in [0.1, 0.15) is 5.76 Å². The fraction of sp³-hybridized carbons (Fsp3) is 0.529. The number of nitrogens with zero attached hydrogens (tertiary/aromatic N) is 3. The van der Waals surface area contributed by atoms with Gasteiger partial charge in [-0.2, -0.15) is 0 Å². The first kappa shape index (κ1) is 15.5. The van der Waals surface area contributed by atoms with Gasteiger partial charge in [-0.05, 0) is 31.5 Å². The first-order chi connectivity index (χ1) is 11.7. The fourth-order valence-corrected chi connectivity index (χ4v) is 3.74. The van der Waals surface area contributed by atoms with E-state index in [1.165, 1.54) is 12.4 Å². The molecule has 2 aromatic rings. The molecule has 0 amide bonds. The Kier molecular flexibility index (Phi) is 4.20. The van der Waals surface area contributed by atoms with Gasteiger partial charge < -0.3 is 14.5 Å². The largest absolute Gasteiger partial charge is 0.468 e. The third-order valence-corrected chi connectivity index (χ3v) is 4.74. The van der Waals surface area contributed by atoms with E-state index in [0.717, 1.165) is 44.7 Å². The number of aromatic nitrogens is 2. The average molecular weight is 332 g/mol. The van der Waals surface area contributed by atoms with Gasteiger partial charge in [0.25, 0.3) is 0 Å². The Hall–Kier alpha value is -1.99. The summed E-state index contributed by atoms with van der Waals surface area (Å²) >= 11 is 0. The molecule has 4 heterocycles. The molecule has 2 saturated heterocycles. The molecule has 0 aromatic carbocycles. The molecule has 6 nitrogen and oxygen atoms in total.